The number of halogens is 1. The molecule has 0 heterocycles. The first-order valence-corrected chi connectivity index (χ1v) is 9.10. The van der Waals surface area contributed by atoms with Crippen LogP contribution >= 0.6 is 11.6 Å². The highest BCUT2D eigenvalue weighted by Crippen LogP contribution is 2.29. The van der Waals surface area contributed by atoms with Gasteiger partial charge in [-0.15, -0.1) is 0 Å². The number of amides is 1. The summed E-state index contributed by atoms with van der Waals surface area (Å²) in [5, 5.41) is 11.1. The Labute approximate surface area is 159 Å². The number of primary amides is 1. The van der Waals surface area contributed by atoms with Crippen LogP contribution in [0.25, 0.3) is 0 Å². The van der Waals surface area contributed by atoms with Crippen molar-refractivity contribution in [3.05, 3.63) is 63.7 Å². The van der Waals surface area contributed by atoms with Gasteiger partial charge in [-0.1, -0.05) is 49.7 Å². The van der Waals surface area contributed by atoms with Crippen molar-refractivity contribution in [2.24, 2.45) is 10.7 Å². The smallest absolute Gasteiger partial charge is 0.217 e. The molecular weight excluding hydrogens is 348 g/mol. The average molecular weight is 373 g/mol. The molecule has 0 aliphatic heterocycles. The van der Waals surface area contributed by atoms with Crippen LogP contribution in [0.1, 0.15) is 54.9 Å². The summed E-state index contributed by atoms with van der Waals surface area (Å²) in [6, 6.07) is 11.6. The Bertz CT molecular complexity index is 812. The third kappa shape index (κ3) is 5.09. The summed E-state index contributed by atoms with van der Waals surface area (Å²) in [7, 11) is 0. The third-order valence-electron chi connectivity index (χ3n) is 4.22. The SMILES string of the molecule is Cc1cc(Cl)cc(C(=NCCCC(N)=O)c2ccc(C(C)C)cc2)c1O. The first-order chi connectivity index (χ1) is 12.3. The van der Waals surface area contributed by atoms with Gasteiger partial charge in [-0.25, -0.2) is 0 Å². The molecule has 3 N–H and O–H groups in total. The lowest BCUT2D eigenvalue weighted by molar-refractivity contribution is -0.118. The predicted octanol–water partition coefficient (Wildman–Crippen LogP) is 4.58. The normalized spacial score (nSPS) is 11.8. The molecule has 0 radical (unpaired) electrons. The summed E-state index contributed by atoms with van der Waals surface area (Å²) in [6.45, 7) is 6.52. The molecule has 0 unspecified atom stereocenters. The molecule has 0 fully saturated rings. The lowest BCUT2D eigenvalue weighted by atomic mass is 9.96. The van der Waals surface area contributed by atoms with Crippen molar-refractivity contribution in [1.29, 1.82) is 0 Å². The molecule has 2 aromatic carbocycles. The Morgan fingerprint density at radius 3 is 2.46 bits per heavy atom. The zero-order valence-electron chi connectivity index (χ0n) is 15.4. The molecule has 4 nitrogen and oxygen atoms in total. The van der Waals surface area contributed by atoms with Crippen molar-refractivity contribution in [2.45, 2.75) is 39.5 Å². The van der Waals surface area contributed by atoms with Gasteiger partial charge in [0.05, 0.1) is 5.71 Å². The minimum atomic E-state index is -0.343. The molecule has 2 aromatic rings. The summed E-state index contributed by atoms with van der Waals surface area (Å²) in [5.41, 5.74) is 9.26. The van der Waals surface area contributed by atoms with E-state index in [1.807, 2.05) is 12.1 Å². The number of hydrogen-bond donors (Lipinski definition) is 2. The van der Waals surface area contributed by atoms with Gasteiger partial charge in [0.2, 0.25) is 5.91 Å². The van der Waals surface area contributed by atoms with E-state index < -0.39 is 0 Å². The molecule has 0 spiro atoms. The van der Waals surface area contributed by atoms with Crippen LogP contribution in [0.3, 0.4) is 0 Å². The number of aliphatic imine (C=N–C) groups is 1. The molecule has 0 saturated carbocycles. The van der Waals surface area contributed by atoms with Crippen LogP contribution in [-0.4, -0.2) is 23.3 Å². The summed E-state index contributed by atoms with van der Waals surface area (Å²) in [4.78, 5) is 15.6. The van der Waals surface area contributed by atoms with Crippen molar-refractivity contribution in [1.82, 2.24) is 0 Å². The summed E-state index contributed by atoms with van der Waals surface area (Å²) in [6.07, 6.45) is 0.840. The van der Waals surface area contributed by atoms with Gasteiger partial charge in [-0.2, -0.15) is 0 Å². The van der Waals surface area contributed by atoms with E-state index in [9.17, 15) is 9.90 Å². The Morgan fingerprint density at radius 1 is 1.23 bits per heavy atom. The number of nitrogens with two attached hydrogens (primary N) is 1. The molecule has 26 heavy (non-hydrogen) atoms. The van der Waals surface area contributed by atoms with E-state index in [0.29, 0.717) is 40.7 Å². The van der Waals surface area contributed by atoms with E-state index in [1.54, 1.807) is 19.1 Å². The number of rotatable bonds is 7. The zero-order chi connectivity index (χ0) is 19.3. The van der Waals surface area contributed by atoms with Crippen molar-refractivity contribution in [2.75, 3.05) is 6.54 Å². The second kappa shape index (κ2) is 8.86. The molecule has 0 aliphatic carbocycles. The molecule has 5 heteroatoms. The van der Waals surface area contributed by atoms with Crippen LogP contribution in [0.2, 0.25) is 5.02 Å². The number of phenols is 1. The molecule has 138 valence electrons. The fourth-order valence-electron chi connectivity index (χ4n) is 2.72. The minimum Gasteiger partial charge on any atom is -0.507 e. The molecule has 0 saturated heterocycles. The number of aryl methyl sites for hydroxylation is 1. The molecule has 1 amide bonds. The highest BCUT2D eigenvalue weighted by atomic mass is 35.5. The van der Waals surface area contributed by atoms with Gasteiger partial charge in [0.25, 0.3) is 0 Å². The molecule has 0 bridgehead atoms. The highest BCUT2D eigenvalue weighted by Gasteiger charge is 2.15. The monoisotopic (exact) mass is 372 g/mol. The van der Waals surface area contributed by atoms with Crippen molar-refractivity contribution in [3.8, 4) is 5.75 Å². The van der Waals surface area contributed by atoms with Gasteiger partial charge in [-0.3, -0.25) is 9.79 Å². The quantitative estimate of drug-likeness (QED) is 0.551. The second-order valence-corrected chi connectivity index (χ2v) is 7.13. The molecule has 0 atom stereocenters. The van der Waals surface area contributed by atoms with E-state index in [-0.39, 0.29) is 18.1 Å². The van der Waals surface area contributed by atoms with E-state index in [0.717, 1.165) is 5.56 Å². The number of hydrogen-bond acceptors (Lipinski definition) is 3. The largest absolute Gasteiger partial charge is 0.507 e. The van der Waals surface area contributed by atoms with Crippen LogP contribution < -0.4 is 5.73 Å². The van der Waals surface area contributed by atoms with Gasteiger partial charge in [0.1, 0.15) is 5.75 Å². The summed E-state index contributed by atoms with van der Waals surface area (Å²) >= 11 is 6.20. The first kappa shape index (κ1) is 20.0. The van der Waals surface area contributed by atoms with Crippen LogP contribution in [0.5, 0.6) is 5.75 Å². The maximum atomic E-state index is 10.9. The molecule has 2 rings (SSSR count). The van der Waals surface area contributed by atoms with Crippen LogP contribution in [0.4, 0.5) is 0 Å². The average Bonchev–Trinajstić information content (AvgIpc) is 2.58. The standard InChI is InChI=1S/C21H25ClN2O2/c1-13(2)15-6-8-16(9-7-15)20(24-10-4-5-19(23)25)18-12-17(22)11-14(3)21(18)26/h6-9,11-13,26H,4-5,10H2,1-3H3,(H2,23,25). The van der Waals surface area contributed by atoms with Gasteiger partial charge in [0.15, 0.2) is 0 Å². The Balaban J connectivity index is 2.45. The number of benzene rings is 2. The number of phenolic OH excluding ortho intramolecular Hbond substituents is 1. The minimum absolute atomic E-state index is 0.163. The maximum Gasteiger partial charge on any atom is 0.217 e. The van der Waals surface area contributed by atoms with Gasteiger partial charge < -0.3 is 10.8 Å². The van der Waals surface area contributed by atoms with Crippen molar-refractivity contribution >= 4 is 23.2 Å². The van der Waals surface area contributed by atoms with Crippen LogP contribution in [-0.2, 0) is 4.79 Å². The third-order valence-corrected chi connectivity index (χ3v) is 4.44. The topological polar surface area (TPSA) is 75.7 Å². The Morgan fingerprint density at radius 2 is 1.88 bits per heavy atom. The summed E-state index contributed by atoms with van der Waals surface area (Å²) < 4.78 is 0. The number of carbonyl (C=O) groups excluding carboxylic acids is 1. The van der Waals surface area contributed by atoms with Crippen LogP contribution in [0.15, 0.2) is 41.4 Å². The highest BCUT2D eigenvalue weighted by molar-refractivity contribution is 6.31. The van der Waals surface area contributed by atoms with Crippen LogP contribution in [0, 0.1) is 6.92 Å². The lowest BCUT2D eigenvalue weighted by Crippen LogP contribution is -2.11. The first-order valence-electron chi connectivity index (χ1n) is 8.72. The van der Waals surface area contributed by atoms with Gasteiger partial charge in [0, 0.05) is 29.1 Å². The fraction of sp³-hybridized carbons (Fsp3) is 0.333. The number of carbonyl (C=O) groups is 1. The van der Waals surface area contributed by atoms with Crippen molar-refractivity contribution < 1.29 is 9.90 Å². The van der Waals surface area contributed by atoms with E-state index in [2.05, 4.69) is 31.0 Å². The Hall–Kier alpha value is -2.33. The van der Waals surface area contributed by atoms with Gasteiger partial charge in [-0.05, 0) is 42.5 Å². The molecule has 0 aromatic heterocycles. The number of nitrogens with zero attached hydrogens (tertiary/aromatic N) is 1. The van der Waals surface area contributed by atoms with E-state index >= 15 is 0 Å². The lowest BCUT2D eigenvalue weighted by Gasteiger charge is -2.13. The molecular formula is C21H25ClN2O2. The van der Waals surface area contributed by atoms with Crippen molar-refractivity contribution in [3.63, 3.8) is 0 Å². The Kier molecular flexibility index (Phi) is 6.81. The predicted molar refractivity (Wildman–Crippen MR) is 107 cm³/mol. The van der Waals surface area contributed by atoms with E-state index in [1.165, 1.54) is 5.56 Å². The number of aromatic hydroxyl groups is 1. The second-order valence-electron chi connectivity index (χ2n) is 6.70. The maximum absolute atomic E-state index is 10.9. The van der Waals surface area contributed by atoms with Gasteiger partial charge >= 0.3 is 0 Å². The zero-order valence-corrected chi connectivity index (χ0v) is 16.2. The molecule has 0 aliphatic rings. The van der Waals surface area contributed by atoms with E-state index in [4.69, 9.17) is 17.3 Å². The fourth-order valence-corrected chi connectivity index (χ4v) is 2.99. The summed E-state index contributed by atoms with van der Waals surface area (Å²) in [5.74, 6) is 0.252.